The fourth-order valence-electron chi connectivity index (χ4n) is 3.08. The van der Waals surface area contributed by atoms with Crippen molar-refractivity contribution in [3.05, 3.63) is 40.7 Å². The number of aromatic nitrogens is 1. The first-order chi connectivity index (χ1) is 12.7. The number of thiazole rings is 1. The Bertz CT molecular complexity index is 730. The molecule has 2 aromatic rings. The number of nitrogens with one attached hydrogen (secondary N) is 1. The van der Waals surface area contributed by atoms with Gasteiger partial charge >= 0.3 is 0 Å². The van der Waals surface area contributed by atoms with Crippen molar-refractivity contribution >= 4 is 23.2 Å². The molecule has 0 saturated carbocycles. The van der Waals surface area contributed by atoms with Crippen molar-refractivity contribution in [1.29, 1.82) is 0 Å². The first kappa shape index (κ1) is 18.6. The normalized spacial score (nSPS) is 14.9. The summed E-state index contributed by atoms with van der Waals surface area (Å²) < 4.78 is 0. The zero-order chi connectivity index (χ0) is 18.2. The Morgan fingerprint density at radius 2 is 2.04 bits per heavy atom. The Kier molecular flexibility index (Phi) is 6.77. The van der Waals surface area contributed by atoms with E-state index in [9.17, 15) is 9.59 Å². The van der Waals surface area contributed by atoms with Gasteiger partial charge in [-0.05, 0) is 12.8 Å². The van der Waals surface area contributed by atoms with Crippen molar-refractivity contribution < 1.29 is 9.59 Å². The molecule has 0 bridgehead atoms. The monoisotopic (exact) mass is 371 g/mol. The molecule has 0 radical (unpaired) electrons. The predicted molar refractivity (Wildman–Crippen MR) is 104 cm³/mol. The maximum Gasteiger partial charge on any atom is 0.222 e. The molecule has 1 aliphatic heterocycles. The van der Waals surface area contributed by atoms with Crippen LogP contribution in [0.15, 0.2) is 35.7 Å². The highest BCUT2D eigenvalue weighted by molar-refractivity contribution is 7.09. The van der Waals surface area contributed by atoms with E-state index >= 15 is 0 Å². The van der Waals surface area contributed by atoms with Gasteiger partial charge in [0.2, 0.25) is 11.8 Å². The molecule has 1 fully saturated rings. The Morgan fingerprint density at radius 1 is 1.19 bits per heavy atom. The number of rotatable bonds is 7. The number of amides is 2. The van der Waals surface area contributed by atoms with Crippen LogP contribution in [0.4, 0.5) is 0 Å². The van der Waals surface area contributed by atoms with Crippen molar-refractivity contribution in [2.45, 2.75) is 38.5 Å². The largest absolute Gasteiger partial charge is 0.356 e. The van der Waals surface area contributed by atoms with E-state index in [4.69, 9.17) is 0 Å². The van der Waals surface area contributed by atoms with E-state index in [1.165, 1.54) is 0 Å². The summed E-state index contributed by atoms with van der Waals surface area (Å²) in [6, 6.07) is 10.1. The minimum Gasteiger partial charge on any atom is -0.356 e. The van der Waals surface area contributed by atoms with Gasteiger partial charge in [-0.1, -0.05) is 36.8 Å². The molecule has 0 unspecified atom stereocenters. The van der Waals surface area contributed by atoms with Crippen LogP contribution in [0.1, 0.15) is 37.1 Å². The lowest BCUT2D eigenvalue weighted by molar-refractivity contribution is -0.131. The third-order valence-electron chi connectivity index (χ3n) is 4.56. The van der Waals surface area contributed by atoms with Crippen LogP contribution < -0.4 is 5.32 Å². The number of hydrogen-bond acceptors (Lipinski definition) is 4. The van der Waals surface area contributed by atoms with Crippen LogP contribution in [0, 0.1) is 0 Å². The van der Waals surface area contributed by atoms with E-state index in [0.717, 1.165) is 48.5 Å². The fraction of sp³-hybridized carbons (Fsp3) is 0.450. The van der Waals surface area contributed by atoms with E-state index in [0.29, 0.717) is 25.9 Å². The predicted octanol–water partition coefficient (Wildman–Crippen LogP) is 3.26. The third-order valence-corrected chi connectivity index (χ3v) is 5.47. The van der Waals surface area contributed by atoms with E-state index in [1.807, 2.05) is 35.2 Å². The first-order valence-electron chi connectivity index (χ1n) is 9.26. The van der Waals surface area contributed by atoms with Gasteiger partial charge in [-0.15, -0.1) is 11.3 Å². The fourth-order valence-corrected chi connectivity index (χ4v) is 3.88. The van der Waals surface area contributed by atoms with Gasteiger partial charge in [0.05, 0.1) is 10.7 Å². The maximum atomic E-state index is 12.0. The molecular weight excluding hydrogens is 346 g/mol. The van der Waals surface area contributed by atoms with Gasteiger partial charge in [-0.2, -0.15) is 0 Å². The summed E-state index contributed by atoms with van der Waals surface area (Å²) in [6.45, 7) is 1.89. The molecule has 1 saturated heterocycles. The smallest absolute Gasteiger partial charge is 0.222 e. The summed E-state index contributed by atoms with van der Waals surface area (Å²) in [5.41, 5.74) is 2.10. The molecule has 0 atom stereocenters. The van der Waals surface area contributed by atoms with Crippen LogP contribution in [-0.4, -0.2) is 41.3 Å². The molecule has 0 aliphatic carbocycles. The summed E-state index contributed by atoms with van der Waals surface area (Å²) >= 11 is 1.62. The number of carbonyl (C=O) groups is 2. The minimum atomic E-state index is 0.00175. The summed E-state index contributed by atoms with van der Waals surface area (Å²) in [4.78, 5) is 30.4. The summed E-state index contributed by atoms with van der Waals surface area (Å²) in [5.74, 6) is 0.188. The molecule has 3 rings (SSSR count). The van der Waals surface area contributed by atoms with E-state index in [1.54, 1.807) is 11.3 Å². The van der Waals surface area contributed by atoms with Gasteiger partial charge in [0.1, 0.15) is 0 Å². The number of nitrogens with zero attached hydrogens (tertiary/aromatic N) is 2. The SMILES string of the molecule is O=C(CCN1CCCCCC1=O)NCCc1nc(-c2ccccc2)cs1. The van der Waals surface area contributed by atoms with Gasteiger partial charge in [0.15, 0.2) is 0 Å². The Balaban J connectivity index is 1.38. The maximum absolute atomic E-state index is 12.0. The second-order valence-corrected chi connectivity index (χ2v) is 7.48. The average Bonchev–Trinajstić information content (AvgIpc) is 3.03. The molecule has 1 N–H and O–H groups in total. The van der Waals surface area contributed by atoms with Crippen molar-refractivity contribution in [3.8, 4) is 11.3 Å². The lowest BCUT2D eigenvalue weighted by Crippen LogP contribution is -2.35. The molecule has 26 heavy (non-hydrogen) atoms. The topological polar surface area (TPSA) is 62.3 Å². The number of likely N-dealkylation sites (tertiary alicyclic amines) is 1. The van der Waals surface area contributed by atoms with Crippen molar-refractivity contribution in [2.75, 3.05) is 19.6 Å². The van der Waals surface area contributed by atoms with Crippen LogP contribution in [-0.2, 0) is 16.0 Å². The molecule has 2 amide bonds. The van der Waals surface area contributed by atoms with Gasteiger partial charge in [0, 0.05) is 49.8 Å². The zero-order valence-electron chi connectivity index (χ0n) is 14.9. The molecule has 5 nitrogen and oxygen atoms in total. The molecule has 1 aromatic heterocycles. The Hall–Kier alpha value is -2.21. The van der Waals surface area contributed by atoms with Gasteiger partial charge < -0.3 is 10.2 Å². The molecule has 1 aliphatic rings. The van der Waals surface area contributed by atoms with Crippen molar-refractivity contribution in [2.24, 2.45) is 0 Å². The van der Waals surface area contributed by atoms with Crippen LogP contribution in [0.3, 0.4) is 0 Å². The van der Waals surface area contributed by atoms with Gasteiger partial charge in [-0.25, -0.2) is 4.98 Å². The highest BCUT2D eigenvalue weighted by Gasteiger charge is 2.17. The lowest BCUT2D eigenvalue weighted by atomic mass is 10.2. The average molecular weight is 372 g/mol. The van der Waals surface area contributed by atoms with Crippen LogP contribution in [0.2, 0.25) is 0 Å². The van der Waals surface area contributed by atoms with Crippen molar-refractivity contribution in [1.82, 2.24) is 15.2 Å². The molecule has 6 heteroatoms. The Morgan fingerprint density at radius 3 is 2.88 bits per heavy atom. The van der Waals surface area contributed by atoms with Crippen LogP contribution >= 0.6 is 11.3 Å². The van der Waals surface area contributed by atoms with Gasteiger partial charge in [-0.3, -0.25) is 9.59 Å². The minimum absolute atomic E-state index is 0.00175. The van der Waals surface area contributed by atoms with Gasteiger partial charge in [0.25, 0.3) is 0 Å². The summed E-state index contributed by atoms with van der Waals surface area (Å²) in [5, 5.41) is 6.01. The number of carbonyl (C=O) groups excluding carboxylic acids is 2. The highest BCUT2D eigenvalue weighted by Crippen LogP contribution is 2.21. The second-order valence-electron chi connectivity index (χ2n) is 6.53. The second kappa shape index (κ2) is 9.48. The third kappa shape index (κ3) is 5.39. The summed E-state index contributed by atoms with van der Waals surface area (Å²) in [6.07, 6.45) is 4.84. The highest BCUT2D eigenvalue weighted by atomic mass is 32.1. The first-order valence-corrected chi connectivity index (χ1v) is 10.1. The zero-order valence-corrected chi connectivity index (χ0v) is 15.8. The van der Waals surface area contributed by atoms with E-state index < -0.39 is 0 Å². The molecule has 138 valence electrons. The number of hydrogen-bond donors (Lipinski definition) is 1. The molecule has 0 spiro atoms. The molecule has 2 heterocycles. The molecule has 1 aromatic carbocycles. The van der Waals surface area contributed by atoms with Crippen molar-refractivity contribution in [3.63, 3.8) is 0 Å². The number of benzene rings is 1. The standard InChI is InChI=1S/C20H25N3O2S/c24-18(11-14-23-13-6-2-5-9-20(23)25)21-12-10-19-22-17(15-26-19)16-7-3-1-4-8-16/h1,3-4,7-8,15H,2,5-6,9-14H2,(H,21,24). The van der Waals surface area contributed by atoms with Crippen LogP contribution in [0.25, 0.3) is 11.3 Å². The molecular formula is C20H25N3O2S. The lowest BCUT2D eigenvalue weighted by Gasteiger charge is -2.19. The Labute approximate surface area is 158 Å². The quantitative estimate of drug-likeness (QED) is 0.813. The van der Waals surface area contributed by atoms with E-state index in [-0.39, 0.29) is 11.8 Å². The van der Waals surface area contributed by atoms with Crippen LogP contribution in [0.5, 0.6) is 0 Å². The summed E-state index contributed by atoms with van der Waals surface area (Å²) in [7, 11) is 0. The van der Waals surface area contributed by atoms with E-state index in [2.05, 4.69) is 15.7 Å².